The zero-order valence-corrected chi connectivity index (χ0v) is 19.9. The molecule has 1 saturated heterocycles. The highest BCUT2D eigenvalue weighted by Gasteiger charge is 2.42. The Kier molecular flexibility index (Phi) is 7.20. The third-order valence-corrected chi connectivity index (χ3v) is 7.23. The Balaban J connectivity index is 1.32. The average molecular weight is 435 g/mol. The first-order chi connectivity index (χ1) is 15.4. The third-order valence-electron chi connectivity index (χ3n) is 7.23. The van der Waals surface area contributed by atoms with Crippen LogP contribution in [0.15, 0.2) is 48.5 Å². The van der Waals surface area contributed by atoms with E-state index in [9.17, 15) is 4.79 Å². The summed E-state index contributed by atoms with van der Waals surface area (Å²) in [5.74, 6) is 2.51. The summed E-state index contributed by atoms with van der Waals surface area (Å²) in [4.78, 5) is 15.9. The van der Waals surface area contributed by atoms with Crippen molar-refractivity contribution in [1.82, 2.24) is 4.90 Å². The molecule has 0 spiro atoms. The first-order valence-electron chi connectivity index (χ1n) is 12.3. The topological polar surface area (TPSA) is 41.6 Å². The van der Waals surface area contributed by atoms with E-state index in [0.717, 1.165) is 61.1 Å². The Morgan fingerprint density at radius 2 is 1.62 bits per heavy atom. The summed E-state index contributed by atoms with van der Waals surface area (Å²) in [6.45, 7) is 10.8. The number of carbonyl (C=O) groups is 1. The number of benzene rings is 2. The summed E-state index contributed by atoms with van der Waals surface area (Å²) >= 11 is 0. The highest BCUT2D eigenvalue weighted by Crippen LogP contribution is 2.42. The van der Waals surface area contributed by atoms with Gasteiger partial charge in [-0.05, 0) is 67.9 Å². The normalized spacial score (nSPS) is 23.1. The smallest absolute Gasteiger partial charge is 0.235 e. The molecule has 2 atom stereocenters. The van der Waals surface area contributed by atoms with Gasteiger partial charge in [0, 0.05) is 25.3 Å². The maximum absolute atomic E-state index is 13.4. The van der Waals surface area contributed by atoms with Crippen LogP contribution in [0.1, 0.15) is 57.1 Å². The van der Waals surface area contributed by atoms with Crippen LogP contribution >= 0.6 is 0 Å². The van der Waals surface area contributed by atoms with E-state index in [2.05, 4.69) is 55.3 Å². The second-order valence-corrected chi connectivity index (χ2v) is 10.2. The lowest BCUT2D eigenvalue weighted by atomic mass is 9.77. The Hall–Kier alpha value is -2.33. The van der Waals surface area contributed by atoms with Gasteiger partial charge in [-0.1, -0.05) is 56.5 Å². The molecule has 0 aromatic heterocycles. The third kappa shape index (κ3) is 5.35. The number of ether oxygens (including phenoxy) is 1. The summed E-state index contributed by atoms with van der Waals surface area (Å²) in [6, 6.07) is 16.3. The predicted octanol–water partition coefficient (Wildman–Crippen LogP) is 5.80. The number of likely N-dealkylation sites (tertiary alicyclic amines) is 1. The number of hydrogen-bond acceptors (Lipinski definition) is 3. The number of anilines is 1. The molecule has 1 aliphatic carbocycles. The Morgan fingerprint density at radius 1 is 1.00 bits per heavy atom. The lowest BCUT2D eigenvalue weighted by Gasteiger charge is -2.34. The summed E-state index contributed by atoms with van der Waals surface area (Å²) in [5.41, 5.74) is 2.78. The number of piperidine rings is 1. The molecule has 2 aliphatic rings. The van der Waals surface area contributed by atoms with Gasteiger partial charge in [0.1, 0.15) is 12.4 Å². The molecule has 1 aliphatic heterocycles. The van der Waals surface area contributed by atoms with Crippen LogP contribution in [0.3, 0.4) is 0 Å². The fraction of sp³-hybridized carbons (Fsp3) is 0.536. The van der Waals surface area contributed by atoms with Crippen molar-refractivity contribution in [2.75, 3.05) is 31.6 Å². The van der Waals surface area contributed by atoms with Gasteiger partial charge < -0.3 is 10.1 Å². The Morgan fingerprint density at radius 3 is 2.25 bits per heavy atom. The molecule has 4 heteroatoms. The molecule has 2 fully saturated rings. The summed E-state index contributed by atoms with van der Waals surface area (Å²) in [7, 11) is 0. The van der Waals surface area contributed by atoms with Gasteiger partial charge in [-0.25, -0.2) is 0 Å². The van der Waals surface area contributed by atoms with Crippen LogP contribution in [-0.2, 0) is 10.2 Å². The van der Waals surface area contributed by atoms with Gasteiger partial charge >= 0.3 is 0 Å². The largest absolute Gasteiger partial charge is 0.492 e. The molecule has 172 valence electrons. The highest BCUT2D eigenvalue weighted by atomic mass is 16.5. The van der Waals surface area contributed by atoms with Crippen LogP contribution < -0.4 is 10.1 Å². The molecular weight excluding hydrogens is 396 g/mol. The van der Waals surface area contributed by atoms with Gasteiger partial charge in [0.05, 0.1) is 5.41 Å². The van der Waals surface area contributed by atoms with Gasteiger partial charge in [-0.15, -0.1) is 0 Å². The number of aryl methyl sites for hydroxylation is 1. The molecular formula is C28H38N2O2. The fourth-order valence-corrected chi connectivity index (χ4v) is 5.65. The standard InChI is InChI=1S/C28H38N2O2/c1-21-6-8-24(9-7-21)28(14-4-5-15-28)27(31)29-25-10-12-26(13-11-25)32-17-16-30-19-22(2)18-23(3)20-30/h6-13,22-23H,4-5,14-20H2,1-3H3,(H,29,31)/t22-,23+. The van der Waals surface area contributed by atoms with Crippen LogP contribution in [-0.4, -0.2) is 37.0 Å². The minimum absolute atomic E-state index is 0.112. The van der Waals surface area contributed by atoms with Crippen molar-refractivity contribution in [3.8, 4) is 5.75 Å². The summed E-state index contributed by atoms with van der Waals surface area (Å²) in [5, 5.41) is 3.18. The number of hydrogen-bond donors (Lipinski definition) is 1. The fourth-order valence-electron chi connectivity index (χ4n) is 5.65. The maximum atomic E-state index is 13.4. The molecule has 0 radical (unpaired) electrons. The van der Waals surface area contributed by atoms with E-state index in [1.165, 1.54) is 25.1 Å². The van der Waals surface area contributed by atoms with Gasteiger partial charge in [-0.3, -0.25) is 9.69 Å². The number of rotatable bonds is 7. The van der Waals surface area contributed by atoms with Crippen LogP contribution in [0.4, 0.5) is 5.69 Å². The Labute approximate surface area is 193 Å². The molecule has 2 aromatic rings. The zero-order valence-electron chi connectivity index (χ0n) is 19.9. The van der Waals surface area contributed by atoms with E-state index < -0.39 is 5.41 Å². The molecule has 1 N–H and O–H groups in total. The average Bonchev–Trinajstić information content (AvgIpc) is 3.26. The van der Waals surface area contributed by atoms with E-state index in [-0.39, 0.29) is 5.91 Å². The lowest BCUT2D eigenvalue weighted by molar-refractivity contribution is -0.121. The van der Waals surface area contributed by atoms with E-state index in [4.69, 9.17) is 4.74 Å². The molecule has 0 unspecified atom stereocenters. The molecule has 1 amide bonds. The van der Waals surface area contributed by atoms with Crippen molar-refractivity contribution in [3.63, 3.8) is 0 Å². The predicted molar refractivity (Wildman–Crippen MR) is 131 cm³/mol. The van der Waals surface area contributed by atoms with Crippen molar-refractivity contribution < 1.29 is 9.53 Å². The van der Waals surface area contributed by atoms with Gasteiger partial charge in [0.2, 0.25) is 5.91 Å². The van der Waals surface area contributed by atoms with Gasteiger partial charge in [0.15, 0.2) is 0 Å². The first-order valence-corrected chi connectivity index (χ1v) is 12.3. The van der Waals surface area contributed by atoms with Crippen LogP contribution in [0.25, 0.3) is 0 Å². The number of nitrogens with zero attached hydrogens (tertiary/aromatic N) is 1. The van der Waals surface area contributed by atoms with Crippen LogP contribution in [0.2, 0.25) is 0 Å². The molecule has 1 heterocycles. The van der Waals surface area contributed by atoms with Crippen LogP contribution in [0.5, 0.6) is 5.75 Å². The summed E-state index contributed by atoms with van der Waals surface area (Å²) < 4.78 is 5.98. The molecule has 1 saturated carbocycles. The molecule has 2 aromatic carbocycles. The van der Waals surface area contributed by atoms with E-state index >= 15 is 0 Å². The molecule has 4 nitrogen and oxygen atoms in total. The second-order valence-electron chi connectivity index (χ2n) is 10.2. The number of amides is 1. The molecule has 4 rings (SSSR count). The van der Waals surface area contributed by atoms with Gasteiger partial charge in [-0.2, -0.15) is 0 Å². The van der Waals surface area contributed by atoms with E-state index in [0.29, 0.717) is 6.61 Å². The van der Waals surface area contributed by atoms with Crippen molar-refractivity contribution >= 4 is 11.6 Å². The van der Waals surface area contributed by atoms with Crippen LogP contribution in [0, 0.1) is 18.8 Å². The molecule has 32 heavy (non-hydrogen) atoms. The number of nitrogens with one attached hydrogen (secondary N) is 1. The Bertz CT molecular complexity index is 875. The minimum atomic E-state index is -0.411. The zero-order chi connectivity index (χ0) is 22.6. The highest BCUT2D eigenvalue weighted by molar-refractivity contribution is 5.99. The SMILES string of the molecule is Cc1ccc(C2(C(=O)Nc3ccc(OCCN4C[C@H](C)C[C@H](C)C4)cc3)CCCC2)cc1. The van der Waals surface area contributed by atoms with E-state index in [1.54, 1.807) is 0 Å². The van der Waals surface area contributed by atoms with Gasteiger partial charge in [0.25, 0.3) is 0 Å². The second kappa shape index (κ2) is 10.1. The van der Waals surface area contributed by atoms with E-state index in [1.807, 2.05) is 24.3 Å². The number of carbonyl (C=O) groups excluding carboxylic acids is 1. The minimum Gasteiger partial charge on any atom is -0.492 e. The first kappa shape index (κ1) is 22.8. The lowest BCUT2D eigenvalue weighted by Crippen LogP contribution is -2.40. The van der Waals surface area contributed by atoms with Crippen molar-refractivity contribution in [2.24, 2.45) is 11.8 Å². The summed E-state index contributed by atoms with van der Waals surface area (Å²) in [6.07, 6.45) is 5.36. The maximum Gasteiger partial charge on any atom is 0.235 e. The molecule has 0 bridgehead atoms. The van der Waals surface area contributed by atoms with Crippen molar-refractivity contribution in [3.05, 3.63) is 59.7 Å². The van der Waals surface area contributed by atoms with Crippen molar-refractivity contribution in [2.45, 2.75) is 58.3 Å². The quantitative estimate of drug-likeness (QED) is 0.599. The monoisotopic (exact) mass is 434 g/mol. The van der Waals surface area contributed by atoms with Crippen molar-refractivity contribution in [1.29, 1.82) is 0 Å².